The van der Waals surface area contributed by atoms with Crippen molar-refractivity contribution in [3.8, 4) is 16.9 Å². The van der Waals surface area contributed by atoms with Crippen LogP contribution in [0.5, 0.6) is 5.75 Å². The Bertz CT molecular complexity index is 437. The quantitative estimate of drug-likeness (QED) is 0.624. The van der Waals surface area contributed by atoms with Crippen LogP contribution in [-0.2, 0) is 5.48 Å². The normalized spacial score (nSPS) is 13.3. The summed E-state index contributed by atoms with van der Waals surface area (Å²) >= 11 is 0. The Kier molecular flexibility index (Phi) is 2.72. The molecule has 2 aromatic carbocycles. The molecule has 0 N–H and O–H groups in total. The molecule has 0 saturated heterocycles. The molecular weight excluding hydrogens is 207 g/mol. The molecule has 0 bridgehead atoms. The Hall–Kier alpha value is -1.37. The van der Waals surface area contributed by atoms with Crippen molar-refractivity contribution < 1.29 is 10.00 Å². The van der Waals surface area contributed by atoms with E-state index in [4.69, 9.17) is 4.52 Å². The van der Waals surface area contributed by atoms with Gasteiger partial charge >= 0.3 is 0 Å². The highest BCUT2D eigenvalue weighted by atomic mass is 31.1. The first-order valence-electron chi connectivity index (χ1n) is 4.56. The van der Waals surface area contributed by atoms with E-state index in [1.165, 1.54) is 16.4 Å². The third-order valence-corrected chi connectivity index (χ3v) is 3.35. The molecular formula is C12H9O2P. The fourth-order valence-corrected chi connectivity index (χ4v) is 2.59. The van der Waals surface area contributed by atoms with Crippen LogP contribution in [0, 0.1) is 0 Å². The minimum Gasteiger partial charge on any atom is -0.472 e. The van der Waals surface area contributed by atoms with Crippen LogP contribution in [0.4, 0.5) is 0 Å². The summed E-state index contributed by atoms with van der Waals surface area (Å²) in [4.78, 5) is 0. The number of rotatable bonds is 0. The standard InChI is InChI=1S/C12H9OP.O/c1-3-7-11-9(5-1)10-6-2-4-8-12(10)14-13-11;/h1-8,14H;. The van der Waals surface area contributed by atoms with Crippen molar-refractivity contribution in [1.29, 1.82) is 0 Å². The van der Waals surface area contributed by atoms with Gasteiger partial charge in [0, 0.05) is 16.3 Å². The lowest BCUT2D eigenvalue weighted by molar-refractivity contribution is 0.638. The summed E-state index contributed by atoms with van der Waals surface area (Å²) < 4.78 is 5.68. The van der Waals surface area contributed by atoms with E-state index < -0.39 is 0 Å². The fourth-order valence-electron chi connectivity index (χ4n) is 1.70. The molecule has 2 radical (unpaired) electrons. The largest absolute Gasteiger partial charge is 0.472 e. The highest BCUT2D eigenvalue weighted by Gasteiger charge is 2.15. The van der Waals surface area contributed by atoms with Crippen molar-refractivity contribution >= 4 is 14.1 Å². The van der Waals surface area contributed by atoms with Gasteiger partial charge in [-0.3, -0.25) is 0 Å². The monoisotopic (exact) mass is 216 g/mol. The predicted molar refractivity (Wildman–Crippen MR) is 61.1 cm³/mol. The first-order valence-corrected chi connectivity index (χ1v) is 5.47. The zero-order valence-electron chi connectivity index (χ0n) is 7.94. The highest BCUT2D eigenvalue weighted by Crippen LogP contribution is 2.38. The van der Waals surface area contributed by atoms with Gasteiger partial charge in [-0.1, -0.05) is 42.5 Å². The van der Waals surface area contributed by atoms with Crippen molar-refractivity contribution in [2.24, 2.45) is 0 Å². The Labute approximate surface area is 90.1 Å². The molecule has 2 nitrogen and oxygen atoms in total. The van der Waals surface area contributed by atoms with Crippen LogP contribution in [0.2, 0.25) is 0 Å². The van der Waals surface area contributed by atoms with Crippen LogP contribution in [0.15, 0.2) is 48.5 Å². The van der Waals surface area contributed by atoms with Gasteiger partial charge in [0.05, 0.1) is 0 Å². The van der Waals surface area contributed by atoms with Crippen molar-refractivity contribution in [2.45, 2.75) is 0 Å². The predicted octanol–water partition coefficient (Wildman–Crippen LogP) is 2.85. The molecule has 74 valence electrons. The molecule has 3 rings (SSSR count). The number of hydrogen-bond donors (Lipinski definition) is 0. The van der Waals surface area contributed by atoms with Crippen molar-refractivity contribution in [2.75, 3.05) is 0 Å². The summed E-state index contributed by atoms with van der Waals surface area (Å²) in [5, 5.41) is 1.30. The van der Waals surface area contributed by atoms with E-state index in [-0.39, 0.29) is 5.48 Å². The lowest BCUT2D eigenvalue weighted by Gasteiger charge is -2.19. The minimum atomic E-state index is 0. The molecule has 1 aliphatic heterocycles. The zero-order valence-corrected chi connectivity index (χ0v) is 8.94. The van der Waals surface area contributed by atoms with Gasteiger partial charge in [0.2, 0.25) is 0 Å². The van der Waals surface area contributed by atoms with Crippen LogP contribution in [0.1, 0.15) is 0 Å². The van der Waals surface area contributed by atoms with Crippen molar-refractivity contribution in [3.63, 3.8) is 0 Å². The Morgan fingerprint density at radius 2 is 1.47 bits per heavy atom. The van der Waals surface area contributed by atoms with Gasteiger partial charge in [0.15, 0.2) is 0 Å². The lowest BCUT2D eigenvalue weighted by atomic mass is 10.0. The van der Waals surface area contributed by atoms with Crippen LogP contribution < -0.4 is 9.83 Å². The molecule has 1 unspecified atom stereocenters. The molecule has 1 heterocycles. The molecule has 1 aliphatic rings. The second-order valence-electron chi connectivity index (χ2n) is 3.25. The summed E-state index contributed by atoms with van der Waals surface area (Å²) in [6.07, 6.45) is 0. The molecule has 0 aromatic heterocycles. The number of benzene rings is 2. The topological polar surface area (TPSA) is 37.7 Å². The highest BCUT2D eigenvalue weighted by molar-refractivity contribution is 7.43. The number of para-hydroxylation sites is 1. The molecule has 15 heavy (non-hydrogen) atoms. The van der Waals surface area contributed by atoms with E-state index >= 15 is 0 Å². The molecule has 0 amide bonds. The van der Waals surface area contributed by atoms with Gasteiger partial charge in [-0.2, -0.15) is 0 Å². The molecule has 0 saturated carbocycles. The average molecular weight is 216 g/mol. The van der Waals surface area contributed by atoms with Crippen LogP contribution in [-0.4, -0.2) is 0 Å². The van der Waals surface area contributed by atoms with E-state index in [1.54, 1.807) is 0 Å². The van der Waals surface area contributed by atoms with E-state index in [2.05, 4.69) is 30.3 Å². The second-order valence-corrected chi connectivity index (χ2v) is 4.19. The summed E-state index contributed by atoms with van der Waals surface area (Å²) in [6, 6.07) is 16.6. The first kappa shape index (κ1) is 10.2. The van der Waals surface area contributed by atoms with Gasteiger partial charge in [0.25, 0.3) is 0 Å². The van der Waals surface area contributed by atoms with Crippen molar-refractivity contribution in [1.82, 2.24) is 0 Å². The SMILES string of the molecule is [O].c1ccc2c(c1)OPc1ccccc1-2. The lowest BCUT2D eigenvalue weighted by Crippen LogP contribution is -2.06. The maximum absolute atomic E-state index is 5.68. The second kappa shape index (κ2) is 4.01. The van der Waals surface area contributed by atoms with Crippen molar-refractivity contribution in [3.05, 3.63) is 48.5 Å². The molecule has 0 spiro atoms. The van der Waals surface area contributed by atoms with E-state index in [0.29, 0.717) is 8.81 Å². The van der Waals surface area contributed by atoms with Crippen LogP contribution in [0.3, 0.4) is 0 Å². The smallest absolute Gasteiger partial charge is 0.131 e. The van der Waals surface area contributed by atoms with Crippen LogP contribution >= 0.6 is 8.81 Å². The average Bonchev–Trinajstić information content (AvgIpc) is 2.29. The number of hydrogen-bond acceptors (Lipinski definition) is 1. The number of fused-ring (bicyclic) bond motifs is 3. The Balaban J connectivity index is 0.000000853. The van der Waals surface area contributed by atoms with E-state index in [9.17, 15) is 0 Å². The molecule has 0 aliphatic carbocycles. The maximum atomic E-state index is 5.68. The third-order valence-electron chi connectivity index (χ3n) is 2.38. The molecule has 2 aromatic rings. The third kappa shape index (κ3) is 1.63. The van der Waals surface area contributed by atoms with Gasteiger partial charge in [-0.15, -0.1) is 0 Å². The van der Waals surface area contributed by atoms with Gasteiger partial charge in [-0.05, 0) is 11.6 Å². The minimum absolute atomic E-state index is 0. The summed E-state index contributed by atoms with van der Waals surface area (Å²) in [5.41, 5.74) is 2.52. The molecule has 1 atom stereocenters. The van der Waals surface area contributed by atoms with Gasteiger partial charge in [-0.25, -0.2) is 0 Å². The Morgan fingerprint density at radius 3 is 2.33 bits per heavy atom. The zero-order chi connectivity index (χ0) is 9.38. The fraction of sp³-hybridized carbons (Fsp3) is 0. The summed E-state index contributed by atoms with van der Waals surface area (Å²) in [7, 11) is 0.440. The van der Waals surface area contributed by atoms with Gasteiger partial charge in [0.1, 0.15) is 14.6 Å². The molecule has 0 fully saturated rings. The summed E-state index contributed by atoms with van der Waals surface area (Å²) in [5.74, 6) is 1.00. The molecule has 3 heteroatoms. The van der Waals surface area contributed by atoms with Gasteiger partial charge < -0.3 is 4.52 Å². The summed E-state index contributed by atoms with van der Waals surface area (Å²) in [6.45, 7) is 0. The van der Waals surface area contributed by atoms with Crippen LogP contribution in [0.25, 0.3) is 11.1 Å². The van der Waals surface area contributed by atoms with E-state index in [0.717, 1.165) is 5.75 Å². The maximum Gasteiger partial charge on any atom is 0.131 e. The van der Waals surface area contributed by atoms with E-state index in [1.807, 2.05) is 18.2 Å². The first-order chi connectivity index (χ1) is 6.95. The Morgan fingerprint density at radius 1 is 0.800 bits per heavy atom.